The number of amides is 1. The number of rotatable bonds is 2. The maximum atomic E-state index is 13.0. The predicted octanol–water partition coefficient (Wildman–Crippen LogP) is 3.47. The normalized spacial score (nSPS) is 13.7. The monoisotopic (exact) mass is 303 g/mol. The van der Waals surface area contributed by atoms with Crippen molar-refractivity contribution in [2.75, 3.05) is 11.4 Å². The Balaban J connectivity index is 1.69. The van der Waals surface area contributed by atoms with Gasteiger partial charge in [-0.2, -0.15) is 5.10 Å². The molecule has 0 aliphatic carbocycles. The van der Waals surface area contributed by atoms with Gasteiger partial charge in [-0.15, -0.1) is 0 Å². The molecular weight excluding hydrogens is 286 g/mol. The number of aryl methyl sites for hydroxylation is 1. The SMILES string of the molecule is O=C(c1cccc(-n2cccn2)c1)N1CCCc2ccccc21. The standard InChI is InChI=1S/C19H17N3O/c23-19(21-12-4-8-15-6-1-2-10-18(15)21)16-7-3-9-17(14-16)22-13-5-11-20-22/h1-3,5-7,9-11,13-14H,4,8,12H2. The molecule has 0 unspecified atom stereocenters. The molecule has 0 fully saturated rings. The number of carbonyl (C=O) groups excluding carboxylic acids is 1. The highest BCUT2D eigenvalue weighted by atomic mass is 16.2. The Hall–Kier alpha value is -2.88. The summed E-state index contributed by atoms with van der Waals surface area (Å²) in [6.07, 6.45) is 5.64. The van der Waals surface area contributed by atoms with E-state index in [1.54, 1.807) is 10.9 Å². The van der Waals surface area contributed by atoms with Crippen molar-refractivity contribution in [1.29, 1.82) is 0 Å². The lowest BCUT2D eigenvalue weighted by Crippen LogP contribution is -2.35. The van der Waals surface area contributed by atoms with Gasteiger partial charge in [0.05, 0.1) is 5.69 Å². The van der Waals surface area contributed by atoms with E-state index in [-0.39, 0.29) is 5.91 Å². The molecule has 4 heteroatoms. The zero-order chi connectivity index (χ0) is 15.6. The fourth-order valence-corrected chi connectivity index (χ4v) is 3.10. The quantitative estimate of drug-likeness (QED) is 0.727. The number of aromatic nitrogens is 2. The largest absolute Gasteiger partial charge is 0.308 e. The lowest BCUT2D eigenvalue weighted by atomic mass is 10.0. The lowest BCUT2D eigenvalue weighted by molar-refractivity contribution is 0.0985. The molecule has 1 aliphatic heterocycles. The molecule has 2 heterocycles. The molecule has 2 aromatic carbocycles. The summed E-state index contributed by atoms with van der Waals surface area (Å²) in [7, 11) is 0. The van der Waals surface area contributed by atoms with Gasteiger partial charge in [-0.3, -0.25) is 4.79 Å². The molecule has 0 saturated carbocycles. The first-order chi connectivity index (χ1) is 11.3. The molecular formula is C19H17N3O. The highest BCUT2D eigenvalue weighted by Gasteiger charge is 2.23. The first-order valence-corrected chi connectivity index (χ1v) is 7.83. The van der Waals surface area contributed by atoms with E-state index in [2.05, 4.69) is 11.2 Å². The van der Waals surface area contributed by atoms with Crippen LogP contribution >= 0.6 is 0 Å². The van der Waals surface area contributed by atoms with Crippen LogP contribution in [0.4, 0.5) is 5.69 Å². The molecule has 0 spiro atoms. The Morgan fingerprint density at radius 1 is 1.04 bits per heavy atom. The summed E-state index contributed by atoms with van der Waals surface area (Å²) < 4.78 is 1.76. The number of carbonyl (C=O) groups is 1. The number of anilines is 1. The minimum Gasteiger partial charge on any atom is -0.308 e. The van der Waals surface area contributed by atoms with Crippen molar-refractivity contribution < 1.29 is 4.79 Å². The third kappa shape index (κ3) is 2.52. The van der Waals surface area contributed by atoms with Gasteiger partial charge < -0.3 is 4.90 Å². The van der Waals surface area contributed by atoms with Crippen LogP contribution in [0.15, 0.2) is 67.0 Å². The van der Waals surface area contributed by atoms with Crippen LogP contribution in [0.3, 0.4) is 0 Å². The molecule has 0 saturated heterocycles. The third-order valence-electron chi connectivity index (χ3n) is 4.22. The van der Waals surface area contributed by atoms with Gasteiger partial charge in [0.2, 0.25) is 0 Å². The molecule has 23 heavy (non-hydrogen) atoms. The van der Waals surface area contributed by atoms with E-state index >= 15 is 0 Å². The van der Waals surface area contributed by atoms with Crippen LogP contribution in [-0.4, -0.2) is 22.2 Å². The third-order valence-corrected chi connectivity index (χ3v) is 4.22. The second-order valence-corrected chi connectivity index (χ2v) is 5.69. The van der Waals surface area contributed by atoms with Crippen molar-refractivity contribution in [3.8, 4) is 5.69 Å². The first kappa shape index (κ1) is 13.8. The molecule has 0 bridgehead atoms. The van der Waals surface area contributed by atoms with E-state index in [1.165, 1.54) is 5.56 Å². The van der Waals surface area contributed by atoms with Gasteiger partial charge in [0.1, 0.15) is 0 Å². The van der Waals surface area contributed by atoms with Gasteiger partial charge >= 0.3 is 0 Å². The number of hydrogen-bond acceptors (Lipinski definition) is 2. The smallest absolute Gasteiger partial charge is 0.258 e. The predicted molar refractivity (Wildman–Crippen MR) is 90.0 cm³/mol. The number of nitrogens with zero attached hydrogens (tertiary/aromatic N) is 3. The fourth-order valence-electron chi connectivity index (χ4n) is 3.10. The average Bonchev–Trinajstić information content (AvgIpc) is 3.15. The zero-order valence-corrected chi connectivity index (χ0v) is 12.7. The molecule has 1 amide bonds. The summed E-state index contributed by atoms with van der Waals surface area (Å²) in [6.45, 7) is 0.766. The molecule has 3 aromatic rings. The van der Waals surface area contributed by atoms with Crippen LogP contribution in [-0.2, 0) is 6.42 Å². The van der Waals surface area contributed by atoms with Crippen LogP contribution in [0.5, 0.6) is 0 Å². The molecule has 114 valence electrons. The molecule has 4 nitrogen and oxygen atoms in total. The van der Waals surface area contributed by atoms with Crippen LogP contribution in [0.1, 0.15) is 22.3 Å². The van der Waals surface area contributed by atoms with Crippen LogP contribution < -0.4 is 4.90 Å². The lowest BCUT2D eigenvalue weighted by Gasteiger charge is -2.29. The fraction of sp³-hybridized carbons (Fsp3) is 0.158. The van der Waals surface area contributed by atoms with Crippen molar-refractivity contribution in [2.24, 2.45) is 0 Å². The van der Waals surface area contributed by atoms with Gasteiger partial charge in [-0.25, -0.2) is 4.68 Å². The minimum absolute atomic E-state index is 0.0474. The number of benzene rings is 2. The van der Waals surface area contributed by atoms with Crippen LogP contribution in [0, 0.1) is 0 Å². The zero-order valence-electron chi connectivity index (χ0n) is 12.7. The van der Waals surface area contributed by atoms with Gasteiger partial charge in [0, 0.05) is 30.2 Å². The molecule has 1 aliphatic rings. The molecule has 0 N–H and O–H groups in total. The number of para-hydroxylation sites is 1. The van der Waals surface area contributed by atoms with Gasteiger partial charge in [0.25, 0.3) is 5.91 Å². The van der Waals surface area contributed by atoms with E-state index in [0.717, 1.165) is 30.8 Å². The number of fused-ring (bicyclic) bond motifs is 1. The highest BCUT2D eigenvalue weighted by Crippen LogP contribution is 2.28. The van der Waals surface area contributed by atoms with Crippen molar-refractivity contribution in [1.82, 2.24) is 9.78 Å². The maximum Gasteiger partial charge on any atom is 0.258 e. The van der Waals surface area contributed by atoms with Crippen molar-refractivity contribution in [3.05, 3.63) is 78.1 Å². The summed E-state index contributed by atoms with van der Waals surface area (Å²) in [5.41, 5.74) is 3.87. The Kier molecular flexibility index (Phi) is 3.42. The van der Waals surface area contributed by atoms with Gasteiger partial charge in [-0.05, 0) is 48.7 Å². The Morgan fingerprint density at radius 2 is 1.96 bits per heavy atom. The summed E-state index contributed by atoms with van der Waals surface area (Å²) in [5.74, 6) is 0.0474. The second kappa shape index (κ2) is 5.72. The molecule has 4 rings (SSSR count). The van der Waals surface area contributed by atoms with Crippen LogP contribution in [0.2, 0.25) is 0 Å². The van der Waals surface area contributed by atoms with Crippen molar-refractivity contribution in [3.63, 3.8) is 0 Å². The Morgan fingerprint density at radius 3 is 2.83 bits per heavy atom. The van der Waals surface area contributed by atoms with Crippen molar-refractivity contribution in [2.45, 2.75) is 12.8 Å². The van der Waals surface area contributed by atoms with E-state index in [9.17, 15) is 4.79 Å². The Labute approximate surface area is 135 Å². The van der Waals surface area contributed by atoms with Gasteiger partial charge in [0.15, 0.2) is 0 Å². The van der Waals surface area contributed by atoms with Crippen LogP contribution in [0.25, 0.3) is 5.69 Å². The van der Waals surface area contributed by atoms with E-state index in [4.69, 9.17) is 0 Å². The minimum atomic E-state index is 0.0474. The first-order valence-electron chi connectivity index (χ1n) is 7.83. The molecule has 1 aromatic heterocycles. The maximum absolute atomic E-state index is 13.0. The Bertz CT molecular complexity index is 839. The summed E-state index contributed by atoms with van der Waals surface area (Å²) >= 11 is 0. The summed E-state index contributed by atoms with van der Waals surface area (Å²) in [6, 6.07) is 17.6. The van der Waals surface area contributed by atoms with E-state index in [1.807, 2.05) is 59.6 Å². The highest BCUT2D eigenvalue weighted by molar-refractivity contribution is 6.07. The van der Waals surface area contributed by atoms with Crippen molar-refractivity contribution >= 4 is 11.6 Å². The van der Waals surface area contributed by atoms with E-state index in [0.29, 0.717) is 5.56 Å². The van der Waals surface area contributed by atoms with E-state index < -0.39 is 0 Å². The number of hydrogen-bond donors (Lipinski definition) is 0. The molecule has 0 atom stereocenters. The summed E-state index contributed by atoms with van der Waals surface area (Å²) in [4.78, 5) is 14.9. The topological polar surface area (TPSA) is 38.1 Å². The molecule has 0 radical (unpaired) electrons. The summed E-state index contributed by atoms with van der Waals surface area (Å²) in [5, 5.41) is 4.23. The average molecular weight is 303 g/mol. The second-order valence-electron chi connectivity index (χ2n) is 5.69. The van der Waals surface area contributed by atoms with Gasteiger partial charge in [-0.1, -0.05) is 24.3 Å².